The average Bonchev–Trinajstić information content (AvgIpc) is 2.87. The molecule has 0 bridgehead atoms. The number of nitrogens with zero attached hydrogens (tertiary/aromatic N) is 1. The number of pyridine rings is 1. The van der Waals surface area contributed by atoms with Crippen LogP contribution in [0.1, 0.15) is 23.2 Å². The van der Waals surface area contributed by atoms with Crippen LogP contribution in [-0.4, -0.2) is 10.8 Å². The van der Waals surface area contributed by atoms with Crippen molar-refractivity contribution in [3.63, 3.8) is 0 Å². The molecule has 1 aliphatic carbocycles. The number of amidine groups is 1. The lowest BCUT2D eigenvalue weighted by atomic mass is 10.1. The van der Waals surface area contributed by atoms with Crippen LogP contribution in [-0.2, 0) is 12.8 Å². The third-order valence-electron chi connectivity index (χ3n) is 3.32. The minimum absolute atomic E-state index is 0.0379. The van der Waals surface area contributed by atoms with Crippen molar-refractivity contribution >= 4 is 5.84 Å². The summed E-state index contributed by atoms with van der Waals surface area (Å²) in [5.41, 5.74) is 8.63. The van der Waals surface area contributed by atoms with E-state index in [1.165, 1.54) is 24.0 Å². The Morgan fingerprint density at radius 2 is 1.89 bits per heavy atom. The van der Waals surface area contributed by atoms with Gasteiger partial charge in [-0.05, 0) is 54.7 Å². The lowest BCUT2D eigenvalue weighted by Gasteiger charge is -2.07. The SMILES string of the molecule is N=C(N)c1ccc(Oc2ccc3c(c2)CCC3)cn1. The van der Waals surface area contributed by atoms with Gasteiger partial charge in [0.25, 0.3) is 0 Å². The van der Waals surface area contributed by atoms with Crippen LogP contribution < -0.4 is 10.5 Å². The number of hydrogen-bond acceptors (Lipinski definition) is 3. The molecule has 0 amide bonds. The van der Waals surface area contributed by atoms with E-state index in [1.807, 2.05) is 6.07 Å². The monoisotopic (exact) mass is 253 g/mol. The predicted molar refractivity (Wildman–Crippen MR) is 73.8 cm³/mol. The van der Waals surface area contributed by atoms with Crippen molar-refractivity contribution in [1.82, 2.24) is 4.98 Å². The van der Waals surface area contributed by atoms with Gasteiger partial charge in [0.15, 0.2) is 0 Å². The Bertz CT molecular complexity index is 620. The first-order valence-electron chi connectivity index (χ1n) is 6.32. The second-order valence-electron chi connectivity index (χ2n) is 4.68. The number of ether oxygens (including phenoxy) is 1. The summed E-state index contributed by atoms with van der Waals surface area (Å²) in [4.78, 5) is 4.07. The fourth-order valence-corrected chi connectivity index (χ4v) is 2.35. The van der Waals surface area contributed by atoms with Gasteiger partial charge in [-0.2, -0.15) is 0 Å². The molecule has 3 rings (SSSR count). The zero-order valence-electron chi connectivity index (χ0n) is 10.5. The van der Waals surface area contributed by atoms with E-state index in [9.17, 15) is 0 Å². The molecule has 0 radical (unpaired) electrons. The molecule has 4 heteroatoms. The Morgan fingerprint density at radius 1 is 1.11 bits per heavy atom. The predicted octanol–water partition coefficient (Wildman–Crippen LogP) is 2.65. The van der Waals surface area contributed by atoms with Crippen molar-refractivity contribution in [2.75, 3.05) is 0 Å². The molecule has 0 aliphatic heterocycles. The quantitative estimate of drug-likeness (QED) is 0.652. The topological polar surface area (TPSA) is 72.0 Å². The number of aryl methyl sites for hydroxylation is 2. The number of nitrogens with two attached hydrogens (primary N) is 1. The van der Waals surface area contributed by atoms with Crippen molar-refractivity contribution in [3.8, 4) is 11.5 Å². The maximum atomic E-state index is 7.29. The number of hydrogen-bond donors (Lipinski definition) is 2. The molecule has 1 heterocycles. The van der Waals surface area contributed by atoms with Gasteiger partial charge in [-0.25, -0.2) is 4.98 Å². The summed E-state index contributed by atoms with van der Waals surface area (Å²) < 4.78 is 5.76. The number of benzene rings is 1. The van der Waals surface area contributed by atoms with Gasteiger partial charge in [0.2, 0.25) is 0 Å². The Labute approximate surface area is 111 Å². The molecule has 96 valence electrons. The standard InChI is InChI=1S/C15H15N3O/c16-15(17)14-7-6-13(9-18-14)19-12-5-4-10-2-1-3-11(10)8-12/h4-9H,1-3H2,(H3,16,17). The highest BCUT2D eigenvalue weighted by atomic mass is 16.5. The molecule has 0 saturated carbocycles. The van der Waals surface area contributed by atoms with E-state index in [0.29, 0.717) is 11.4 Å². The molecule has 1 aliphatic rings. The van der Waals surface area contributed by atoms with Gasteiger partial charge >= 0.3 is 0 Å². The van der Waals surface area contributed by atoms with Crippen LogP contribution in [0.4, 0.5) is 0 Å². The maximum absolute atomic E-state index is 7.29. The van der Waals surface area contributed by atoms with Gasteiger partial charge in [-0.15, -0.1) is 0 Å². The molecule has 1 aromatic heterocycles. The second kappa shape index (κ2) is 4.72. The average molecular weight is 253 g/mol. The van der Waals surface area contributed by atoms with E-state index >= 15 is 0 Å². The van der Waals surface area contributed by atoms with Crippen LogP contribution in [0.15, 0.2) is 36.5 Å². The Kier molecular flexibility index (Phi) is 2.91. The van der Waals surface area contributed by atoms with Crippen molar-refractivity contribution in [2.24, 2.45) is 5.73 Å². The fourth-order valence-electron chi connectivity index (χ4n) is 2.35. The smallest absolute Gasteiger partial charge is 0.145 e. The van der Waals surface area contributed by atoms with Crippen LogP contribution in [0.5, 0.6) is 11.5 Å². The minimum atomic E-state index is -0.0379. The third kappa shape index (κ3) is 2.42. The molecule has 0 atom stereocenters. The summed E-state index contributed by atoms with van der Waals surface area (Å²) in [6.45, 7) is 0. The first-order chi connectivity index (χ1) is 9.22. The van der Waals surface area contributed by atoms with Crippen molar-refractivity contribution < 1.29 is 4.74 Å². The molecule has 1 aromatic carbocycles. The molecule has 0 spiro atoms. The normalized spacial score (nSPS) is 13.1. The molecule has 4 nitrogen and oxygen atoms in total. The first-order valence-corrected chi connectivity index (χ1v) is 6.32. The van der Waals surface area contributed by atoms with E-state index in [0.717, 1.165) is 12.2 Å². The highest BCUT2D eigenvalue weighted by Gasteiger charge is 2.11. The lowest BCUT2D eigenvalue weighted by molar-refractivity contribution is 0.479. The molecule has 0 unspecified atom stereocenters. The Balaban J connectivity index is 1.79. The van der Waals surface area contributed by atoms with Crippen LogP contribution in [0.2, 0.25) is 0 Å². The van der Waals surface area contributed by atoms with E-state index in [-0.39, 0.29) is 5.84 Å². The highest BCUT2D eigenvalue weighted by molar-refractivity contribution is 5.92. The van der Waals surface area contributed by atoms with Crippen molar-refractivity contribution in [2.45, 2.75) is 19.3 Å². The van der Waals surface area contributed by atoms with E-state index < -0.39 is 0 Å². The molecule has 3 N–H and O–H groups in total. The van der Waals surface area contributed by atoms with Crippen LogP contribution in [0.25, 0.3) is 0 Å². The molecule has 0 saturated heterocycles. The molecule has 0 fully saturated rings. The number of fused-ring (bicyclic) bond motifs is 1. The van der Waals surface area contributed by atoms with E-state index in [1.54, 1.807) is 18.3 Å². The summed E-state index contributed by atoms with van der Waals surface area (Å²) in [5.74, 6) is 1.45. The summed E-state index contributed by atoms with van der Waals surface area (Å²) in [7, 11) is 0. The van der Waals surface area contributed by atoms with E-state index in [4.69, 9.17) is 15.9 Å². The summed E-state index contributed by atoms with van der Waals surface area (Å²) >= 11 is 0. The van der Waals surface area contributed by atoms with Crippen LogP contribution in [0, 0.1) is 5.41 Å². The van der Waals surface area contributed by atoms with Gasteiger partial charge in [0, 0.05) is 0 Å². The van der Waals surface area contributed by atoms with Crippen LogP contribution >= 0.6 is 0 Å². The minimum Gasteiger partial charge on any atom is -0.456 e. The van der Waals surface area contributed by atoms with Gasteiger partial charge in [0.1, 0.15) is 23.0 Å². The number of aromatic nitrogens is 1. The zero-order valence-corrected chi connectivity index (χ0v) is 10.5. The molecule has 2 aromatic rings. The van der Waals surface area contributed by atoms with Gasteiger partial charge < -0.3 is 10.5 Å². The van der Waals surface area contributed by atoms with Gasteiger partial charge in [0.05, 0.1) is 6.20 Å². The first kappa shape index (κ1) is 11.7. The third-order valence-corrected chi connectivity index (χ3v) is 3.32. The fraction of sp³-hybridized carbons (Fsp3) is 0.200. The second-order valence-corrected chi connectivity index (χ2v) is 4.68. The molecular weight excluding hydrogens is 238 g/mol. The largest absolute Gasteiger partial charge is 0.456 e. The van der Waals surface area contributed by atoms with Gasteiger partial charge in [-0.3, -0.25) is 5.41 Å². The Hall–Kier alpha value is -2.36. The highest BCUT2D eigenvalue weighted by Crippen LogP contribution is 2.28. The Morgan fingerprint density at radius 3 is 2.63 bits per heavy atom. The van der Waals surface area contributed by atoms with Crippen molar-refractivity contribution in [1.29, 1.82) is 5.41 Å². The summed E-state index contributed by atoms with van der Waals surface area (Å²) in [6.07, 6.45) is 5.12. The number of rotatable bonds is 3. The van der Waals surface area contributed by atoms with E-state index in [2.05, 4.69) is 17.1 Å². The maximum Gasteiger partial charge on any atom is 0.145 e. The van der Waals surface area contributed by atoms with Gasteiger partial charge in [-0.1, -0.05) is 6.07 Å². The van der Waals surface area contributed by atoms with Crippen LogP contribution in [0.3, 0.4) is 0 Å². The number of nitrogen functional groups attached to an aromatic ring is 1. The lowest BCUT2D eigenvalue weighted by Crippen LogP contribution is -2.12. The summed E-state index contributed by atoms with van der Waals surface area (Å²) in [6, 6.07) is 9.68. The molecule has 19 heavy (non-hydrogen) atoms. The van der Waals surface area contributed by atoms with Crippen molar-refractivity contribution in [3.05, 3.63) is 53.3 Å². The summed E-state index contributed by atoms with van der Waals surface area (Å²) in [5, 5.41) is 7.29. The zero-order chi connectivity index (χ0) is 13.2. The number of nitrogens with one attached hydrogen (secondary N) is 1. The molecular formula is C15H15N3O.